The average Bonchev–Trinajstić information content (AvgIpc) is 3.11. The van der Waals surface area contributed by atoms with Crippen molar-refractivity contribution in [1.82, 2.24) is 15.3 Å². The number of carbonyl (C=O) groups is 1. The fourth-order valence-electron chi connectivity index (χ4n) is 3.17. The van der Waals surface area contributed by atoms with Crippen LogP contribution in [0.5, 0.6) is 0 Å². The van der Waals surface area contributed by atoms with E-state index in [1.807, 2.05) is 0 Å². The van der Waals surface area contributed by atoms with Gasteiger partial charge in [-0.15, -0.1) is 16.5 Å². The van der Waals surface area contributed by atoms with Crippen LogP contribution >= 0.6 is 11.3 Å². The van der Waals surface area contributed by atoms with E-state index in [0.29, 0.717) is 12.4 Å². The molecule has 2 aromatic rings. The molecule has 0 spiro atoms. The molecule has 7 heteroatoms. The van der Waals surface area contributed by atoms with Gasteiger partial charge in [-0.2, -0.15) is 5.11 Å². The Morgan fingerprint density at radius 2 is 2.23 bits per heavy atom. The molecular weight excluding hydrogens is 298 g/mol. The van der Waals surface area contributed by atoms with Crippen molar-refractivity contribution in [2.75, 3.05) is 13.1 Å². The molecule has 1 unspecified atom stereocenters. The summed E-state index contributed by atoms with van der Waals surface area (Å²) in [5, 5.41) is 12.4. The van der Waals surface area contributed by atoms with Crippen LogP contribution < -0.4 is 5.32 Å². The molecule has 1 saturated heterocycles. The van der Waals surface area contributed by atoms with Gasteiger partial charge in [0.25, 0.3) is 0 Å². The number of carbonyl (C=O) groups excluding carboxylic acids is 1. The Morgan fingerprint density at radius 1 is 1.32 bits per heavy atom. The van der Waals surface area contributed by atoms with E-state index in [2.05, 4.69) is 25.5 Å². The average molecular weight is 315 g/mol. The number of thiophene rings is 1. The Hall–Kier alpha value is -1.89. The molecule has 0 bridgehead atoms. The minimum absolute atomic E-state index is 0.0440. The molecule has 22 heavy (non-hydrogen) atoms. The zero-order valence-electron chi connectivity index (χ0n) is 12.2. The van der Waals surface area contributed by atoms with Crippen LogP contribution in [0.4, 0.5) is 5.82 Å². The van der Waals surface area contributed by atoms with Gasteiger partial charge in [0, 0.05) is 11.4 Å². The Morgan fingerprint density at radius 3 is 3.09 bits per heavy atom. The summed E-state index contributed by atoms with van der Waals surface area (Å²) in [5.74, 6) is 0.694. The molecule has 6 nitrogen and oxygen atoms in total. The minimum atomic E-state index is -0.0440. The van der Waals surface area contributed by atoms with Crippen molar-refractivity contribution < 1.29 is 4.79 Å². The van der Waals surface area contributed by atoms with Crippen molar-refractivity contribution >= 4 is 33.3 Å². The van der Waals surface area contributed by atoms with Crippen molar-refractivity contribution in [2.24, 2.45) is 16.1 Å². The van der Waals surface area contributed by atoms with Crippen LogP contribution in [-0.2, 0) is 17.6 Å². The first kappa shape index (κ1) is 13.8. The fourth-order valence-corrected chi connectivity index (χ4v) is 4.40. The van der Waals surface area contributed by atoms with E-state index in [9.17, 15) is 4.79 Å². The normalized spacial score (nSPS) is 21.5. The van der Waals surface area contributed by atoms with E-state index in [4.69, 9.17) is 0 Å². The zero-order chi connectivity index (χ0) is 14.9. The smallest absolute Gasteiger partial charge is 0.225 e. The van der Waals surface area contributed by atoms with Gasteiger partial charge in [0.15, 0.2) is 5.82 Å². The number of amides is 1. The van der Waals surface area contributed by atoms with E-state index in [-0.39, 0.29) is 11.8 Å². The standard InChI is InChI=1S/C15H17N5OS/c21-14-9(5-6-16-14)7-19-20-13-12-10-3-1-2-4-11(10)22-15(12)18-8-17-13/h8-9H,1-7H2,(H,16,21). The predicted octanol–water partition coefficient (Wildman–Crippen LogP) is 2.79. The number of rotatable bonds is 3. The monoisotopic (exact) mass is 315 g/mol. The number of aryl methyl sites for hydroxylation is 2. The third-order valence-electron chi connectivity index (χ3n) is 4.36. The molecule has 2 aromatic heterocycles. The van der Waals surface area contributed by atoms with Gasteiger partial charge < -0.3 is 5.32 Å². The quantitative estimate of drug-likeness (QED) is 0.884. The molecule has 0 radical (unpaired) electrons. The predicted molar refractivity (Wildman–Crippen MR) is 84.6 cm³/mol. The number of hydrogen-bond acceptors (Lipinski definition) is 6. The Kier molecular flexibility index (Phi) is 3.57. The molecule has 2 aliphatic rings. The lowest BCUT2D eigenvalue weighted by Crippen LogP contribution is -2.20. The summed E-state index contributed by atoms with van der Waals surface area (Å²) in [7, 11) is 0. The third-order valence-corrected chi connectivity index (χ3v) is 5.56. The largest absolute Gasteiger partial charge is 0.356 e. The SMILES string of the molecule is O=C1NCCC1CN=Nc1ncnc2sc3c(c12)CCCC3. The molecule has 3 heterocycles. The first-order chi connectivity index (χ1) is 10.8. The first-order valence-corrected chi connectivity index (χ1v) is 8.55. The Balaban J connectivity index is 1.63. The molecule has 0 saturated carbocycles. The second kappa shape index (κ2) is 5.72. The maximum Gasteiger partial charge on any atom is 0.225 e. The van der Waals surface area contributed by atoms with E-state index < -0.39 is 0 Å². The molecule has 1 aliphatic heterocycles. The summed E-state index contributed by atoms with van der Waals surface area (Å²) in [6.45, 7) is 1.18. The van der Waals surface area contributed by atoms with Crippen molar-refractivity contribution in [2.45, 2.75) is 32.1 Å². The van der Waals surface area contributed by atoms with Gasteiger partial charge in [-0.05, 0) is 37.7 Å². The highest BCUT2D eigenvalue weighted by Crippen LogP contribution is 2.39. The molecule has 1 fully saturated rings. The summed E-state index contributed by atoms with van der Waals surface area (Å²) >= 11 is 1.76. The van der Waals surface area contributed by atoms with Gasteiger partial charge in [-0.3, -0.25) is 4.79 Å². The highest BCUT2D eigenvalue weighted by Gasteiger charge is 2.24. The van der Waals surface area contributed by atoms with E-state index in [1.54, 1.807) is 17.7 Å². The van der Waals surface area contributed by atoms with E-state index >= 15 is 0 Å². The van der Waals surface area contributed by atoms with E-state index in [0.717, 1.165) is 36.0 Å². The summed E-state index contributed by atoms with van der Waals surface area (Å²) in [4.78, 5) is 22.7. The number of nitrogens with zero attached hydrogens (tertiary/aromatic N) is 4. The van der Waals surface area contributed by atoms with Crippen LogP contribution in [-0.4, -0.2) is 29.0 Å². The number of hydrogen-bond donors (Lipinski definition) is 1. The maximum atomic E-state index is 11.5. The summed E-state index contributed by atoms with van der Waals surface area (Å²) in [6.07, 6.45) is 7.07. The molecule has 1 amide bonds. The Bertz CT molecular complexity index is 754. The second-order valence-electron chi connectivity index (χ2n) is 5.79. The minimum Gasteiger partial charge on any atom is -0.356 e. The molecule has 4 rings (SSSR count). The number of aromatic nitrogens is 2. The van der Waals surface area contributed by atoms with Crippen molar-refractivity contribution in [1.29, 1.82) is 0 Å². The number of azo groups is 1. The van der Waals surface area contributed by atoms with Gasteiger partial charge >= 0.3 is 0 Å². The van der Waals surface area contributed by atoms with Crippen LogP contribution in [0.3, 0.4) is 0 Å². The van der Waals surface area contributed by atoms with Gasteiger partial charge in [0.05, 0.1) is 17.8 Å². The molecule has 1 atom stereocenters. The van der Waals surface area contributed by atoms with Gasteiger partial charge in [0.2, 0.25) is 5.91 Å². The van der Waals surface area contributed by atoms with E-state index in [1.165, 1.54) is 23.3 Å². The van der Waals surface area contributed by atoms with Crippen LogP contribution in [0.1, 0.15) is 29.7 Å². The molecule has 114 valence electrons. The number of nitrogens with one attached hydrogen (secondary N) is 1. The lowest BCUT2D eigenvalue weighted by atomic mass is 9.97. The first-order valence-electron chi connectivity index (χ1n) is 7.73. The highest BCUT2D eigenvalue weighted by atomic mass is 32.1. The Labute approximate surface area is 132 Å². The van der Waals surface area contributed by atoms with Gasteiger partial charge in [-0.1, -0.05) is 0 Å². The molecular formula is C15H17N5OS. The summed E-state index contributed by atoms with van der Waals surface area (Å²) in [5.41, 5.74) is 1.36. The molecule has 0 aromatic carbocycles. The molecule has 1 N–H and O–H groups in total. The fraction of sp³-hybridized carbons (Fsp3) is 0.533. The number of fused-ring (bicyclic) bond motifs is 3. The van der Waals surface area contributed by atoms with Crippen molar-refractivity contribution in [3.8, 4) is 0 Å². The summed E-state index contributed by atoms with van der Waals surface area (Å²) in [6, 6.07) is 0. The van der Waals surface area contributed by atoms with Crippen LogP contribution in [0, 0.1) is 5.92 Å². The third kappa shape index (κ3) is 2.39. The van der Waals surface area contributed by atoms with Crippen LogP contribution in [0.25, 0.3) is 10.2 Å². The van der Waals surface area contributed by atoms with Crippen LogP contribution in [0.2, 0.25) is 0 Å². The van der Waals surface area contributed by atoms with Gasteiger partial charge in [-0.25, -0.2) is 9.97 Å². The summed E-state index contributed by atoms with van der Waals surface area (Å²) < 4.78 is 0. The topological polar surface area (TPSA) is 79.6 Å². The maximum absolute atomic E-state index is 11.5. The molecule has 1 aliphatic carbocycles. The lowest BCUT2D eigenvalue weighted by Gasteiger charge is -2.10. The van der Waals surface area contributed by atoms with Crippen molar-refractivity contribution in [3.63, 3.8) is 0 Å². The van der Waals surface area contributed by atoms with Crippen LogP contribution in [0.15, 0.2) is 16.6 Å². The van der Waals surface area contributed by atoms with Gasteiger partial charge in [0.1, 0.15) is 11.2 Å². The second-order valence-corrected chi connectivity index (χ2v) is 6.87. The zero-order valence-corrected chi connectivity index (χ0v) is 13.0. The lowest BCUT2D eigenvalue weighted by molar-refractivity contribution is -0.122. The highest BCUT2D eigenvalue weighted by molar-refractivity contribution is 7.18. The van der Waals surface area contributed by atoms with Crippen molar-refractivity contribution in [3.05, 3.63) is 16.8 Å².